The van der Waals surface area contributed by atoms with Crippen molar-refractivity contribution in [2.24, 2.45) is 7.05 Å². The van der Waals surface area contributed by atoms with Crippen molar-refractivity contribution in [1.29, 1.82) is 0 Å². The number of hydrogen-bond donors (Lipinski definition) is 1. The largest absolute Gasteiger partial charge is 0.348 e. The van der Waals surface area contributed by atoms with Crippen molar-refractivity contribution < 1.29 is 4.79 Å². The Balaban J connectivity index is 1.96. The van der Waals surface area contributed by atoms with Crippen LogP contribution in [-0.4, -0.2) is 26.5 Å². The fourth-order valence-electron chi connectivity index (χ4n) is 1.62. The number of aryl methyl sites for hydroxylation is 1. The van der Waals surface area contributed by atoms with Crippen LogP contribution < -0.4 is 5.32 Å². The van der Waals surface area contributed by atoms with Crippen LogP contribution in [0.4, 0.5) is 0 Å². The Hall–Kier alpha value is -1.91. The minimum atomic E-state index is -0.0920. The molecule has 3 rings (SSSR count). The number of nitrogens with one attached hydrogen (secondary N) is 1. The van der Waals surface area contributed by atoms with Gasteiger partial charge in [0, 0.05) is 13.1 Å². The third-order valence-corrected chi connectivity index (χ3v) is 2.70. The predicted molar refractivity (Wildman–Crippen MR) is 59.0 cm³/mol. The summed E-state index contributed by atoms with van der Waals surface area (Å²) >= 11 is 0. The molecule has 1 N–H and O–H groups in total. The van der Waals surface area contributed by atoms with E-state index in [-0.39, 0.29) is 5.91 Å². The molecule has 16 heavy (non-hydrogen) atoms. The normalized spacial score (nSPS) is 15.3. The van der Waals surface area contributed by atoms with Crippen LogP contribution in [0.1, 0.15) is 23.3 Å². The molecule has 2 aromatic heterocycles. The van der Waals surface area contributed by atoms with E-state index in [2.05, 4.69) is 15.3 Å². The molecule has 0 bridgehead atoms. The van der Waals surface area contributed by atoms with E-state index in [4.69, 9.17) is 0 Å². The first-order valence-corrected chi connectivity index (χ1v) is 5.33. The first-order valence-electron chi connectivity index (χ1n) is 5.33. The number of rotatable bonds is 2. The quantitative estimate of drug-likeness (QED) is 0.810. The van der Waals surface area contributed by atoms with Crippen molar-refractivity contribution in [3.8, 4) is 0 Å². The molecule has 82 valence electrons. The summed E-state index contributed by atoms with van der Waals surface area (Å²) in [6.07, 6.45) is 3.86. The molecule has 5 nitrogen and oxygen atoms in total. The number of imidazole rings is 1. The lowest BCUT2D eigenvalue weighted by Crippen LogP contribution is -2.26. The number of hydrogen-bond acceptors (Lipinski definition) is 3. The van der Waals surface area contributed by atoms with E-state index in [0.717, 1.165) is 24.0 Å². The van der Waals surface area contributed by atoms with E-state index in [1.54, 1.807) is 12.4 Å². The van der Waals surface area contributed by atoms with Gasteiger partial charge in [0.2, 0.25) is 0 Å². The molecule has 1 amide bonds. The van der Waals surface area contributed by atoms with Crippen LogP contribution in [0.5, 0.6) is 0 Å². The van der Waals surface area contributed by atoms with Gasteiger partial charge in [0.15, 0.2) is 5.65 Å². The topological polar surface area (TPSA) is 59.8 Å². The first-order chi connectivity index (χ1) is 7.74. The fraction of sp³-hybridized carbons (Fsp3) is 0.364. The van der Waals surface area contributed by atoms with Crippen molar-refractivity contribution >= 4 is 17.1 Å². The zero-order valence-corrected chi connectivity index (χ0v) is 8.97. The third-order valence-electron chi connectivity index (χ3n) is 2.70. The molecule has 0 spiro atoms. The second-order valence-electron chi connectivity index (χ2n) is 4.14. The summed E-state index contributed by atoms with van der Waals surface area (Å²) in [5, 5.41) is 2.92. The van der Waals surface area contributed by atoms with E-state index in [1.807, 2.05) is 17.7 Å². The Morgan fingerprint density at radius 3 is 3.06 bits per heavy atom. The van der Waals surface area contributed by atoms with Crippen LogP contribution in [0.3, 0.4) is 0 Å². The van der Waals surface area contributed by atoms with Crippen molar-refractivity contribution in [2.75, 3.05) is 0 Å². The second-order valence-corrected chi connectivity index (χ2v) is 4.14. The van der Waals surface area contributed by atoms with E-state index in [0.29, 0.717) is 11.7 Å². The van der Waals surface area contributed by atoms with Crippen molar-refractivity contribution in [3.63, 3.8) is 0 Å². The lowest BCUT2D eigenvalue weighted by Gasteiger charge is -2.02. The summed E-state index contributed by atoms with van der Waals surface area (Å²) in [6, 6.07) is 3.90. The second kappa shape index (κ2) is 3.30. The SMILES string of the molecule is Cn1cnc2ccc(C(=O)NC3CC3)nc21. The number of pyridine rings is 1. The van der Waals surface area contributed by atoms with Gasteiger partial charge in [-0.2, -0.15) is 0 Å². The smallest absolute Gasteiger partial charge is 0.270 e. The first kappa shape index (κ1) is 9.33. The van der Waals surface area contributed by atoms with Crippen molar-refractivity contribution in [3.05, 3.63) is 24.2 Å². The number of carbonyl (C=O) groups excluding carboxylic acids is 1. The van der Waals surface area contributed by atoms with Gasteiger partial charge in [-0.25, -0.2) is 9.97 Å². The summed E-state index contributed by atoms with van der Waals surface area (Å²) in [6.45, 7) is 0. The maximum atomic E-state index is 11.8. The van der Waals surface area contributed by atoms with Gasteiger partial charge >= 0.3 is 0 Å². The average Bonchev–Trinajstić information content (AvgIpc) is 3.02. The molecular formula is C11H12N4O. The summed E-state index contributed by atoms with van der Waals surface area (Å²) in [7, 11) is 1.87. The molecule has 0 unspecified atom stereocenters. The monoisotopic (exact) mass is 216 g/mol. The molecule has 0 atom stereocenters. The lowest BCUT2D eigenvalue weighted by molar-refractivity contribution is 0.0946. The highest BCUT2D eigenvalue weighted by Gasteiger charge is 2.24. The Morgan fingerprint density at radius 2 is 2.31 bits per heavy atom. The summed E-state index contributed by atoms with van der Waals surface area (Å²) in [5.74, 6) is -0.0920. The molecular weight excluding hydrogens is 204 g/mol. The van der Waals surface area contributed by atoms with Crippen LogP contribution in [-0.2, 0) is 7.05 Å². The number of nitrogens with zero attached hydrogens (tertiary/aromatic N) is 3. The molecule has 0 saturated heterocycles. The molecule has 1 aliphatic carbocycles. The standard InChI is InChI=1S/C11H12N4O/c1-15-6-12-8-4-5-9(14-10(8)15)11(16)13-7-2-3-7/h4-7H,2-3H2,1H3,(H,13,16). The van der Waals surface area contributed by atoms with Crippen LogP contribution in [0.25, 0.3) is 11.2 Å². The molecule has 1 aliphatic rings. The van der Waals surface area contributed by atoms with Crippen LogP contribution >= 0.6 is 0 Å². The number of amides is 1. The minimum absolute atomic E-state index is 0.0920. The highest BCUT2D eigenvalue weighted by molar-refractivity contribution is 5.94. The molecule has 2 aromatic rings. The number of aromatic nitrogens is 3. The van der Waals surface area contributed by atoms with Gasteiger partial charge in [0.25, 0.3) is 5.91 Å². The summed E-state index contributed by atoms with van der Waals surface area (Å²) in [4.78, 5) is 20.2. The van der Waals surface area contributed by atoms with Crippen molar-refractivity contribution in [2.45, 2.75) is 18.9 Å². The van der Waals surface area contributed by atoms with Gasteiger partial charge < -0.3 is 9.88 Å². The number of fused-ring (bicyclic) bond motifs is 1. The molecule has 0 aromatic carbocycles. The van der Waals surface area contributed by atoms with Gasteiger partial charge in [0.1, 0.15) is 11.2 Å². The Labute approximate surface area is 92.5 Å². The maximum Gasteiger partial charge on any atom is 0.270 e. The maximum absolute atomic E-state index is 11.8. The summed E-state index contributed by atoms with van der Waals surface area (Å²) < 4.78 is 1.81. The van der Waals surface area contributed by atoms with Crippen LogP contribution in [0.2, 0.25) is 0 Å². The van der Waals surface area contributed by atoms with E-state index in [1.165, 1.54) is 0 Å². The summed E-state index contributed by atoms with van der Waals surface area (Å²) in [5.41, 5.74) is 2.01. The fourth-order valence-corrected chi connectivity index (χ4v) is 1.62. The minimum Gasteiger partial charge on any atom is -0.348 e. The highest BCUT2D eigenvalue weighted by atomic mass is 16.2. The molecule has 0 aliphatic heterocycles. The van der Waals surface area contributed by atoms with Gasteiger partial charge in [-0.15, -0.1) is 0 Å². The molecule has 0 radical (unpaired) electrons. The Kier molecular flexibility index (Phi) is 1.92. The average molecular weight is 216 g/mol. The van der Waals surface area contributed by atoms with Gasteiger partial charge in [-0.3, -0.25) is 4.79 Å². The van der Waals surface area contributed by atoms with Crippen molar-refractivity contribution in [1.82, 2.24) is 19.9 Å². The van der Waals surface area contributed by atoms with Gasteiger partial charge in [-0.05, 0) is 25.0 Å². The van der Waals surface area contributed by atoms with Gasteiger partial charge in [0.05, 0.1) is 6.33 Å². The Bertz CT molecular complexity index is 556. The van der Waals surface area contributed by atoms with Crippen LogP contribution in [0.15, 0.2) is 18.5 Å². The highest BCUT2D eigenvalue weighted by Crippen LogP contribution is 2.19. The van der Waals surface area contributed by atoms with Crippen LogP contribution in [0, 0.1) is 0 Å². The molecule has 1 fully saturated rings. The number of carbonyl (C=O) groups is 1. The molecule has 5 heteroatoms. The molecule has 2 heterocycles. The zero-order valence-electron chi connectivity index (χ0n) is 8.97. The zero-order chi connectivity index (χ0) is 11.1. The molecule has 1 saturated carbocycles. The predicted octanol–water partition coefficient (Wildman–Crippen LogP) is 0.860. The van der Waals surface area contributed by atoms with E-state index >= 15 is 0 Å². The third kappa shape index (κ3) is 1.54. The van der Waals surface area contributed by atoms with Gasteiger partial charge in [-0.1, -0.05) is 0 Å². The lowest BCUT2D eigenvalue weighted by atomic mass is 10.3. The van der Waals surface area contributed by atoms with E-state index in [9.17, 15) is 4.79 Å². The van der Waals surface area contributed by atoms with E-state index < -0.39 is 0 Å². The Morgan fingerprint density at radius 1 is 1.50 bits per heavy atom.